The molecule has 1 heterocycles. The van der Waals surface area contributed by atoms with E-state index in [1.807, 2.05) is 0 Å². The molecule has 1 fully saturated rings. The Bertz CT molecular complexity index is 588. The van der Waals surface area contributed by atoms with Crippen LogP contribution < -0.4 is 5.32 Å². The molecule has 1 aromatic rings. The van der Waals surface area contributed by atoms with Crippen LogP contribution in [0.4, 0.5) is 23.7 Å². The van der Waals surface area contributed by atoms with Crippen molar-refractivity contribution in [3.8, 4) is 0 Å². The summed E-state index contributed by atoms with van der Waals surface area (Å²) in [7, 11) is 0. The van der Waals surface area contributed by atoms with Crippen molar-refractivity contribution in [3.05, 3.63) is 29.3 Å². The normalized spacial score (nSPS) is 16.0. The first kappa shape index (κ1) is 17.4. The highest BCUT2D eigenvalue weighted by atomic mass is 19.4. The molecule has 0 atom stereocenters. The number of carbonyl (C=O) groups is 1. The molecule has 0 saturated carbocycles. The molecule has 1 aromatic carbocycles. The number of aryl methyl sites for hydroxylation is 1. The second-order valence-electron chi connectivity index (χ2n) is 6.75. The number of benzene rings is 1. The highest BCUT2D eigenvalue weighted by Gasteiger charge is 2.34. The largest absolute Gasteiger partial charge is 0.444 e. The number of likely N-dealkylation sites (tertiary alicyclic amines) is 1. The summed E-state index contributed by atoms with van der Waals surface area (Å²) in [6.45, 7) is 7.95. The van der Waals surface area contributed by atoms with Crippen molar-refractivity contribution in [3.63, 3.8) is 0 Å². The van der Waals surface area contributed by atoms with Crippen LogP contribution in [0.2, 0.25) is 0 Å². The van der Waals surface area contributed by atoms with Crippen molar-refractivity contribution in [2.75, 3.05) is 18.4 Å². The first-order chi connectivity index (χ1) is 10.5. The summed E-state index contributed by atoms with van der Waals surface area (Å²) in [4.78, 5) is 13.4. The van der Waals surface area contributed by atoms with Gasteiger partial charge in [0.15, 0.2) is 0 Å². The van der Waals surface area contributed by atoms with E-state index in [1.54, 1.807) is 32.6 Å². The Hall–Kier alpha value is -1.92. The number of ether oxygens (including phenoxy) is 1. The van der Waals surface area contributed by atoms with Gasteiger partial charge in [-0.2, -0.15) is 13.2 Å². The van der Waals surface area contributed by atoms with Crippen LogP contribution in [0.15, 0.2) is 18.2 Å². The van der Waals surface area contributed by atoms with Gasteiger partial charge < -0.3 is 15.0 Å². The zero-order valence-corrected chi connectivity index (χ0v) is 13.6. The van der Waals surface area contributed by atoms with Gasteiger partial charge in [-0.25, -0.2) is 4.79 Å². The van der Waals surface area contributed by atoms with E-state index >= 15 is 0 Å². The number of hydrogen-bond donors (Lipinski definition) is 1. The molecule has 0 unspecified atom stereocenters. The Labute approximate surface area is 133 Å². The van der Waals surface area contributed by atoms with Crippen LogP contribution in [0.5, 0.6) is 0 Å². The molecule has 2 rings (SSSR count). The number of alkyl halides is 3. The third kappa shape index (κ3) is 4.53. The molecule has 0 aliphatic carbocycles. The van der Waals surface area contributed by atoms with Gasteiger partial charge in [0.2, 0.25) is 0 Å². The van der Waals surface area contributed by atoms with Crippen molar-refractivity contribution in [1.82, 2.24) is 4.90 Å². The van der Waals surface area contributed by atoms with Crippen LogP contribution >= 0.6 is 0 Å². The van der Waals surface area contributed by atoms with Gasteiger partial charge in [-0.05, 0) is 51.5 Å². The molecular weight excluding hydrogens is 309 g/mol. The summed E-state index contributed by atoms with van der Waals surface area (Å²) in [5.41, 5.74) is -0.0356. The first-order valence-corrected chi connectivity index (χ1v) is 7.38. The van der Waals surface area contributed by atoms with Gasteiger partial charge in [-0.15, -0.1) is 0 Å². The zero-order chi connectivity index (χ0) is 17.4. The minimum Gasteiger partial charge on any atom is -0.444 e. The van der Waals surface area contributed by atoms with Crippen molar-refractivity contribution in [2.24, 2.45) is 0 Å². The summed E-state index contributed by atoms with van der Waals surface area (Å²) in [6.07, 6.45) is -4.72. The van der Waals surface area contributed by atoms with E-state index in [2.05, 4.69) is 5.32 Å². The number of amides is 1. The van der Waals surface area contributed by atoms with E-state index in [0.29, 0.717) is 24.3 Å². The number of hydrogen-bond acceptors (Lipinski definition) is 3. The minimum atomic E-state index is -4.34. The Morgan fingerprint density at radius 2 is 1.87 bits per heavy atom. The van der Waals surface area contributed by atoms with Gasteiger partial charge in [0.25, 0.3) is 0 Å². The lowest BCUT2D eigenvalue weighted by molar-refractivity contribution is -0.137. The number of anilines is 1. The Morgan fingerprint density at radius 1 is 1.26 bits per heavy atom. The van der Waals surface area contributed by atoms with Crippen LogP contribution in [0, 0.1) is 6.92 Å². The number of carbonyl (C=O) groups excluding carboxylic acids is 1. The molecule has 128 valence electrons. The fraction of sp³-hybridized carbons (Fsp3) is 0.562. The summed E-state index contributed by atoms with van der Waals surface area (Å²) in [5, 5.41) is 3.16. The fourth-order valence-electron chi connectivity index (χ4n) is 2.27. The maximum Gasteiger partial charge on any atom is 0.416 e. The molecule has 1 aliphatic heterocycles. The number of nitrogens with zero attached hydrogens (tertiary/aromatic N) is 1. The monoisotopic (exact) mass is 330 g/mol. The third-order valence-corrected chi connectivity index (χ3v) is 3.45. The molecule has 1 saturated heterocycles. The third-order valence-electron chi connectivity index (χ3n) is 3.45. The van der Waals surface area contributed by atoms with Gasteiger partial charge in [0.1, 0.15) is 5.60 Å². The van der Waals surface area contributed by atoms with Gasteiger partial charge in [0.05, 0.1) is 11.6 Å². The van der Waals surface area contributed by atoms with E-state index in [9.17, 15) is 18.0 Å². The number of nitrogens with one attached hydrogen (secondary N) is 1. The van der Waals surface area contributed by atoms with Gasteiger partial charge >= 0.3 is 12.3 Å². The lowest BCUT2D eigenvalue weighted by Gasteiger charge is -2.40. The molecule has 0 bridgehead atoms. The van der Waals surface area contributed by atoms with Crippen LogP contribution in [0.25, 0.3) is 0 Å². The van der Waals surface area contributed by atoms with Gasteiger partial charge in [-0.1, -0.05) is 0 Å². The molecule has 23 heavy (non-hydrogen) atoms. The standard InChI is InChI=1S/C16H21F3N2O2/c1-10-7-11(16(17,18)19)5-6-13(10)20-12-8-21(9-12)14(22)23-15(2,3)4/h5-7,12,20H,8-9H2,1-4H3. The molecule has 1 aliphatic rings. The molecule has 0 aromatic heterocycles. The van der Waals surface area contributed by atoms with Crippen molar-refractivity contribution in [2.45, 2.75) is 45.5 Å². The van der Waals surface area contributed by atoms with Crippen LogP contribution in [0.3, 0.4) is 0 Å². The van der Waals surface area contributed by atoms with E-state index in [0.717, 1.165) is 12.1 Å². The molecule has 0 spiro atoms. The fourth-order valence-corrected chi connectivity index (χ4v) is 2.27. The average molecular weight is 330 g/mol. The Kier molecular flexibility index (Phi) is 4.50. The molecule has 0 radical (unpaired) electrons. The Morgan fingerprint density at radius 3 is 2.35 bits per heavy atom. The molecule has 1 N–H and O–H groups in total. The molecule has 1 amide bonds. The average Bonchev–Trinajstić information content (AvgIpc) is 2.30. The van der Waals surface area contributed by atoms with Crippen molar-refractivity contribution < 1.29 is 22.7 Å². The number of halogens is 3. The lowest BCUT2D eigenvalue weighted by Crippen LogP contribution is -2.58. The quantitative estimate of drug-likeness (QED) is 0.890. The highest BCUT2D eigenvalue weighted by Crippen LogP contribution is 2.32. The molecule has 7 heteroatoms. The lowest BCUT2D eigenvalue weighted by atomic mass is 10.1. The maximum atomic E-state index is 12.6. The molecular formula is C16H21F3N2O2. The van der Waals surface area contributed by atoms with Gasteiger partial charge in [-0.3, -0.25) is 0 Å². The van der Waals surface area contributed by atoms with Crippen LogP contribution in [0.1, 0.15) is 31.9 Å². The zero-order valence-electron chi connectivity index (χ0n) is 13.6. The Balaban J connectivity index is 1.90. The maximum absolute atomic E-state index is 12.6. The van der Waals surface area contributed by atoms with Crippen LogP contribution in [-0.4, -0.2) is 35.7 Å². The SMILES string of the molecule is Cc1cc(C(F)(F)F)ccc1NC1CN(C(=O)OC(C)(C)C)C1. The first-order valence-electron chi connectivity index (χ1n) is 7.38. The second kappa shape index (κ2) is 5.94. The van der Waals surface area contributed by atoms with Crippen molar-refractivity contribution in [1.29, 1.82) is 0 Å². The van der Waals surface area contributed by atoms with Crippen LogP contribution in [-0.2, 0) is 10.9 Å². The van der Waals surface area contributed by atoms with Crippen molar-refractivity contribution >= 4 is 11.8 Å². The second-order valence-corrected chi connectivity index (χ2v) is 6.75. The van der Waals surface area contributed by atoms with Gasteiger partial charge in [0, 0.05) is 18.8 Å². The molecule has 4 nitrogen and oxygen atoms in total. The highest BCUT2D eigenvalue weighted by molar-refractivity contribution is 5.70. The minimum absolute atomic E-state index is 0.0120. The van der Waals surface area contributed by atoms with E-state index in [4.69, 9.17) is 4.74 Å². The predicted molar refractivity (Wildman–Crippen MR) is 81.4 cm³/mol. The summed E-state index contributed by atoms with van der Waals surface area (Å²) in [5.74, 6) is 0. The van der Waals surface area contributed by atoms with E-state index < -0.39 is 17.3 Å². The topological polar surface area (TPSA) is 41.6 Å². The summed E-state index contributed by atoms with van der Waals surface area (Å²) < 4.78 is 43.2. The predicted octanol–water partition coefficient (Wildman–Crippen LogP) is 4.05. The number of rotatable bonds is 2. The smallest absolute Gasteiger partial charge is 0.416 e. The summed E-state index contributed by atoms with van der Waals surface area (Å²) >= 11 is 0. The summed E-state index contributed by atoms with van der Waals surface area (Å²) in [6, 6.07) is 3.61. The van der Waals surface area contributed by atoms with E-state index in [1.165, 1.54) is 6.07 Å². The van der Waals surface area contributed by atoms with E-state index in [-0.39, 0.29) is 12.1 Å².